The Labute approximate surface area is 164 Å². The summed E-state index contributed by atoms with van der Waals surface area (Å²) in [6.07, 6.45) is 1.08. The number of anilines is 1. The Morgan fingerprint density at radius 2 is 2.07 bits per heavy atom. The van der Waals surface area contributed by atoms with Gasteiger partial charge in [-0.05, 0) is 18.4 Å². The first kappa shape index (κ1) is 21.5. The summed E-state index contributed by atoms with van der Waals surface area (Å²) < 4.78 is 32.7. The molecule has 0 spiro atoms. The fraction of sp³-hybridized carbons (Fsp3) is 0.333. The summed E-state index contributed by atoms with van der Waals surface area (Å²) in [6, 6.07) is 1.46. The Morgan fingerprint density at radius 3 is 2.68 bits per heavy atom. The number of aryl methyl sites for hydroxylation is 2. The number of carbonyl (C=O) groups is 3. The second-order valence-electron chi connectivity index (χ2n) is 5.62. The highest BCUT2D eigenvalue weighted by Crippen LogP contribution is 2.22. The van der Waals surface area contributed by atoms with Gasteiger partial charge in [0.05, 0.1) is 12.0 Å². The van der Waals surface area contributed by atoms with E-state index >= 15 is 0 Å². The largest absolute Gasteiger partial charge is 0.456 e. The summed E-state index contributed by atoms with van der Waals surface area (Å²) in [4.78, 5) is 38.6. The lowest BCUT2D eigenvalue weighted by atomic mass is 10.3. The molecule has 0 atom stereocenters. The minimum atomic E-state index is -3.85. The van der Waals surface area contributed by atoms with Crippen LogP contribution in [0.2, 0.25) is 0 Å². The fourth-order valence-electron chi connectivity index (χ4n) is 2.00. The molecule has 2 rings (SSSR count). The number of amides is 2. The first-order valence-corrected chi connectivity index (χ1v) is 10.3. The standard InChI is InChI=1S/C15H19N5O6S2/c1-9-18-12(7-20(9)2)28(24,25)17-5-3-13(22)26-8-11(21)19-15-10(14(16)23)4-6-27-15/h4,6-7,17H,3,5,8H2,1-2H3,(H2,16,23)(H,19,21). The summed E-state index contributed by atoms with van der Waals surface area (Å²) in [5.41, 5.74) is 5.32. The van der Waals surface area contributed by atoms with E-state index in [1.807, 2.05) is 0 Å². The van der Waals surface area contributed by atoms with E-state index in [9.17, 15) is 22.8 Å². The minimum absolute atomic E-state index is 0.151. The molecule has 2 heterocycles. The van der Waals surface area contributed by atoms with Crippen molar-refractivity contribution in [3.8, 4) is 0 Å². The van der Waals surface area contributed by atoms with Crippen LogP contribution in [0.4, 0.5) is 5.00 Å². The molecule has 11 nitrogen and oxygen atoms in total. The molecule has 2 amide bonds. The molecule has 0 saturated heterocycles. The summed E-state index contributed by atoms with van der Waals surface area (Å²) in [5.74, 6) is -1.58. The van der Waals surface area contributed by atoms with Gasteiger partial charge >= 0.3 is 5.97 Å². The van der Waals surface area contributed by atoms with Crippen LogP contribution in [0.15, 0.2) is 22.7 Å². The highest BCUT2D eigenvalue weighted by molar-refractivity contribution is 7.89. The molecule has 0 fully saturated rings. The smallest absolute Gasteiger partial charge is 0.307 e. The van der Waals surface area contributed by atoms with Gasteiger partial charge in [0.15, 0.2) is 11.6 Å². The van der Waals surface area contributed by atoms with Gasteiger partial charge in [-0.2, -0.15) is 0 Å². The third-order valence-corrected chi connectivity index (χ3v) is 5.69. The normalized spacial score (nSPS) is 11.2. The van der Waals surface area contributed by atoms with Crippen LogP contribution in [0.5, 0.6) is 0 Å². The van der Waals surface area contributed by atoms with Crippen LogP contribution in [-0.4, -0.2) is 48.9 Å². The van der Waals surface area contributed by atoms with Gasteiger partial charge in [-0.3, -0.25) is 14.4 Å². The van der Waals surface area contributed by atoms with Crippen LogP contribution in [0.1, 0.15) is 22.6 Å². The molecule has 0 aliphatic rings. The molecule has 2 aromatic heterocycles. The molecule has 0 aliphatic heterocycles. The molecule has 0 radical (unpaired) electrons. The van der Waals surface area contributed by atoms with E-state index in [-0.39, 0.29) is 28.6 Å². The van der Waals surface area contributed by atoms with Crippen molar-refractivity contribution in [3.05, 3.63) is 29.0 Å². The Kier molecular flexibility index (Phi) is 6.88. The second kappa shape index (κ2) is 8.95. The molecule has 152 valence electrons. The number of thiophene rings is 1. The Hall–Kier alpha value is -2.77. The van der Waals surface area contributed by atoms with E-state index in [2.05, 4.69) is 15.0 Å². The van der Waals surface area contributed by atoms with E-state index in [0.29, 0.717) is 5.82 Å². The van der Waals surface area contributed by atoms with Gasteiger partial charge < -0.3 is 20.4 Å². The number of hydrogen-bond acceptors (Lipinski definition) is 8. The summed E-state index contributed by atoms with van der Waals surface area (Å²) in [6.45, 7) is 0.861. The third-order valence-electron chi connectivity index (χ3n) is 3.53. The summed E-state index contributed by atoms with van der Waals surface area (Å²) >= 11 is 1.10. The number of rotatable bonds is 9. The number of nitrogens with one attached hydrogen (secondary N) is 2. The zero-order chi connectivity index (χ0) is 20.9. The summed E-state index contributed by atoms with van der Waals surface area (Å²) in [7, 11) is -2.19. The van der Waals surface area contributed by atoms with Gasteiger partial charge in [0, 0.05) is 19.8 Å². The molecular weight excluding hydrogens is 410 g/mol. The molecule has 28 heavy (non-hydrogen) atoms. The molecule has 4 N–H and O–H groups in total. The Bertz CT molecular complexity index is 975. The van der Waals surface area contributed by atoms with Gasteiger partial charge in [-0.15, -0.1) is 11.3 Å². The van der Waals surface area contributed by atoms with Gasteiger partial charge in [-0.25, -0.2) is 18.1 Å². The fourth-order valence-corrected chi connectivity index (χ4v) is 3.87. The average Bonchev–Trinajstić information content (AvgIpc) is 3.20. The quantitative estimate of drug-likeness (QED) is 0.462. The SMILES string of the molecule is Cc1nc(S(=O)(=O)NCCC(=O)OCC(=O)Nc2sccc2C(N)=O)cn1C. The molecule has 0 unspecified atom stereocenters. The van der Waals surface area contributed by atoms with Crippen LogP contribution in [0.3, 0.4) is 0 Å². The number of ether oxygens (including phenoxy) is 1. The van der Waals surface area contributed by atoms with E-state index in [0.717, 1.165) is 11.3 Å². The average molecular weight is 429 g/mol. The van der Waals surface area contributed by atoms with Crippen molar-refractivity contribution in [1.82, 2.24) is 14.3 Å². The van der Waals surface area contributed by atoms with Crippen molar-refractivity contribution >= 4 is 44.1 Å². The number of carbonyl (C=O) groups excluding carboxylic acids is 3. The second-order valence-corrected chi connectivity index (χ2v) is 8.25. The van der Waals surface area contributed by atoms with Crippen LogP contribution in [0.25, 0.3) is 0 Å². The van der Waals surface area contributed by atoms with Crippen molar-refractivity contribution in [2.24, 2.45) is 12.8 Å². The monoisotopic (exact) mass is 429 g/mol. The van der Waals surface area contributed by atoms with Crippen LogP contribution in [0, 0.1) is 6.92 Å². The number of imidazole rings is 1. The number of nitrogens with two attached hydrogens (primary N) is 1. The minimum Gasteiger partial charge on any atom is -0.456 e. The number of sulfonamides is 1. The highest BCUT2D eigenvalue weighted by Gasteiger charge is 2.19. The van der Waals surface area contributed by atoms with E-state index in [1.165, 1.54) is 12.3 Å². The van der Waals surface area contributed by atoms with E-state index in [1.54, 1.807) is 23.9 Å². The molecule has 0 aromatic carbocycles. The van der Waals surface area contributed by atoms with Crippen LogP contribution >= 0.6 is 11.3 Å². The first-order valence-electron chi connectivity index (χ1n) is 7.92. The van der Waals surface area contributed by atoms with Crippen molar-refractivity contribution < 1.29 is 27.5 Å². The molecule has 0 aliphatic carbocycles. The lowest BCUT2D eigenvalue weighted by Crippen LogP contribution is -2.28. The predicted molar refractivity (Wildman–Crippen MR) is 100 cm³/mol. The van der Waals surface area contributed by atoms with Gasteiger partial charge in [0.25, 0.3) is 21.8 Å². The molecule has 2 aromatic rings. The predicted octanol–water partition coefficient (Wildman–Crippen LogP) is -0.261. The van der Waals surface area contributed by atoms with Crippen LogP contribution in [-0.2, 0) is 31.4 Å². The van der Waals surface area contributed by atoms with Crippen molar-refractivity contribution in [2.45, 2.75) is 18.4 Å². The first-order chi connectivity index (χ1) is 13.1. The third kappa shape index (κ3) is 5.61. The van der Waals surface area contributed by atoms with Gasteiger partial charge in [0.1, 0.15) is 10.8 Å². The zero-order valence-corrected chi connectivity index (χ0v) is 16.7. The zero-order valence-electron chi connectivity index (χ0n) is 15.1. The van der Waals surface area contributed by atoms with Crippen molar-refractivity contribution in [1.29, 1.82) is 0 Å². The number of nitrogens with zero attached hydrogens (tertiary/aromatic N) is 2. The molecule has 0 saturated carbocycles. The Balaban J connectivity index is 1.76. The van der Waals surface area contributed by atoms with E-state index in [4.69, 9.17) is 10.5 Å². The van der Waals surface area contributed by atoms with Crippen LogP contribution < -0.4 is 15.8 Å². The lowest BCUT2D eigenvalue weighted by Gasteiger charge is -2.07. The summed E-state index contributed by atoms with van der Waals surface area (Å²) in [5, 5.41) is 4.10. The molecule has 13 heteroatoms. The number of esters is 1. The number of aromatic nitrogens is 2. The van der Waals surface area contributed by atoms with Gasteiger partial charge in [0.2, 0.25) is 0 Å². The van der Waals surface area contributed by atoms with Crippen molar-refractivity contribution in [2.75, 3.05) is 18.5 Å². The maximum atomic E-state index is 12.1. The maximum absolute atomic E-state index is 12.1. The number of hydrogen-bond donors (Lipinski definition) is 3. The molecule has 0 bridgehead atoms. The topological polar surface area (TPSA) is 162 Å². The lowest BCUT2D eigenvalue weighted by molar-refractivity contribution is -0.147. The van der Waals surface area contributed by atoms with Crippen molar-refractivity contribution in [3.63, 3.8) is 0 Å². The maximum Gasteiger partial charge on any atom is 0.307 e. The highest BCUT2D eigenvalue weighted by atomic mass is 32.2. The van der Waals surface area contributed by atoms with E-state index < -0.39 is 34.4 Å². The van der Waals surface area contributed by atoms with Gasteiger partial charge in [-0.1, -0.05) is 0 Å². The molecular formula is C15H19N5O6S2. The Morgan fingerprint density at radius 1 is 1.36 bits per heavy atom. The number of primary amides is 1.